The van der Waals surface area contributed by atoms with Gasteiger partial charge in [0.25, 0.3) is 5.91 Å². The van der Waals surface area contributed by atoms with Gasteiger partial charge < -0.3 is 10.2 Å². The number of amides is 2. The molecule has 1 aromatic heterocycles. The van der Waals surface area contributed by atoms with Crippen molar-refractivity contribution in [2.24, 2.45) is 5.92 Å². The number of likely N-dealkylation sites (N-methyl/N-ethyl adjacent to an activating group) is 2. The van der Waals surface area contributed by atoms with Crippen molar-refractivity contribution < 1.29 is 9.59 Å². The van der Waals surface area contributed by atoms with Gasteiger partial charge in [-0.2, -0.15) is 0 Å². The Morgan fingerprint density at radius 3 is 2.62 bits per heavy atom. The highest BCUT2D eigenvalue weighted by molar-refractivity contribution is 5.94. The van der Waals surface area contributed by atoms with Crippen molar-refractivity contribution in [2.45, 2.75) is 18.5 Å². The molecule has 1 aromatic rings. The number of aromatic nitrogens is 1. The summed E-state index contributed by atoms with van der Waals surface area (Å²) < 4.78 is 0. The number of nitrogens with one attached hydrogen (secondary N) is 1. The van der Waals surface area contributed by atoms with Crippen LogP contribution in [0.3, 0.4) is 0 Å². The molecule has 1 N–H and O–H groups in total. The number of fused-ring (bicyclic) bond motifs is 1. The second-order valence-corrected chi connectivity index (χ2v) is 5.80. The van der Waals surface area contributed by atoms with E-state index >= 15 is 0 Å². The molecule has 6 heteroatoms. The highest BCUT2D eigenvalue weighted by Crippen LogP contribution is 2.35. The van der Waals surface area contributed by atoms with Gasteiger partial charge in [-0.25, -0.2) is 0 Å². The van der Waals surface area contributed by atoms with Crippen LogP contribution in [0.25, 0.3) is 0 Å². The van der Waals surface area contributed by atoms with Crippen LogP contribution in [-0.2, 0) is 4.79 Å². The fourth-order valence-corrected chi connectivity index (χ4v) is 3.53. The topological polar surface area (TPSA) is 65.5 Å². The van der Waals surface area contributed by atoms with Crippen LogP contribution in [0.4, 0.5) is 0 Å². The molecule has 0 bridgehead atoms. The van der Waals surface area contributed by atoms with Crippen molar-refractivity contribution in [2.75, 3.05) is 27.2 Å². The minimum absolute atomic E-state index is 0.0525. The highest BCUT2D eigenvalue weighted by Gasteiger charge is 2.47. The molecule has 3 heterocycles. The largest absolute Gasteiger partial charge is 0.358 e. The zero-order valence-electron chi connectivity index (χ0n) is 12.3. The van der Waals surface area contributed by atoms with Crippen LogP contribution in [-0.4, -0.2) is 65.9 Å². The predicted molar refractivity (Wildman–Crippen MR) is 77.7 cm³/mol. The van der Waals surface area contributed by atoms with Crippen LogP contribution in [0.1, 0.15) is 16.8 Å². The van der Waals surface area contributed by atoms with Crippen LogP contribution in [0.15, 0.2) is 24.5 Å². The van der Waals surface area contributed by atoms with Crippen LogP contribution in [0.2, 0.25) is 0 Å². The van der Waals surface area contributed by atoms with E-state index in [9.17, 15) is 9.59 Å². The van der Waals surface area contributed by atoms with Crippen LogP contribution in [0, 0.1) is 5.92 Å². The lowest BCUT2D eigenvalue weighted by molar-refractivity contribution is -0.125. The van der Waals surface area contributed by atoms with Gasteiger partial charge in [-0.15, -0.1) is 0 Å². The number of carbonyl (C=O) groups excluding carboxylic acids is 2. The van der Waals surface area contributed by atoms with E-state index in [1.165, 1.54) is 0 Å². The van der Waals surface area contributed by atoms with Crippen LogP contribution < -0.4 is 5.32 Å². The molecule has 2 aliphatic rings. The Hall–Kier alpha value is -1.95. The molecule has 3 rings (SSSR count). The van der Waals surface area contributed by atoms with Gasteiger partial charge in [0.2, 0.25) is 5.91 Å². The van der Waals surface area contributed by atoms with E-state index in [0.717, 1.165) is 13.0 Å². The first-order valence-electron chi connectivity index (χ1n) is 7.24. The maximum atomic E-state index is 12.5. The molecule has 2 amide bonds. The first-order valence-corrected chi connectivity index (χ1v) is 7.24. The lowest BCUT2D eigenvalue weighted by atomic mass is 10.0. The van der Waals surface area contributed by atoms with Crippen molar-refractivity contribution in [3.8, 4) is 0 Å². The van der Waals surface area contributed by atoms with E-state index in [0.29, 0.717) is 18.0 Å². The molecule has 0 spiro atoms. The zero-order chi connectivity index (χ0) is 15.0. The summed E-state index contributed by atoms with van der Waals surface area (Å²) in [7, 11) is 3.65. The van der Waals surface area contributed by atoms with E-state index < -0.39 is 0 Å². The molecule has 2 saturated heterocycles. The van der Waals surface area contributed by atoms with Crippen molar-refractivity contribution in [1.29, 1.82) is 0 Å². The normalized spacial score (nSPS) is 28.5. The Morgan fingerprint density at radius 1 is 1.29 bits per heavy atom. The minimum atomic E-state index is -0.0665. The summed E-state index contributed by atoms with van der Waals surface area (Å²) in [6.45, 7) is 1.42. The fraction of sp³-hybridized carbons (Fsp3) is 0.533. The Kier molecular flexibility index (Phi) is 3.63. The quantitative estimate of drug-likeness (QED) is 0.830. The van der Waals surface area contributed by atoms with Crippen molar-refractivity contribution >= 4 is 11.8 Å². The SMILES string of the molecule is CNC(=O)[C@H]1C[C@@H]2CN(C(=O)c3ccncc3)C[C@@H]2N1C. The summed E-state index contributed by atoms with van der Waals surface area (Å²) in [6.07, 6.45) is 4.09. The Morgan fingerprint density at radius 2 is 2.00 bits per heavy atom. The maximum absolute atomic E-state index is 12.5. The van der Waals surface area contributed by atoms with Crippen LogP contribution in [0.5, 0.6) is 0 Å². The third kappa shape index (κ3) is 2.40. The second kappa shape index (κ2) is 5.44. The minimum Gasteiger partial charge on any atom is -0.358 e. The molecule has 112 valence electrons. The number of hydrogen-bond acceptors (Lipinski definition) is 4. The number of pyridine rings is 1. The molecule has 2 aliphatic heterocycles. The molecule has 6 nitrogen and oxygen atoms in total. The van der Waals surface area contributed by atoms with Crippen molar-refractivity contribution in [1.82, 2.24) is 20.1 Å². The summed E-state index contributed by atoms with van der Waals surface area (Å²) >= 11 is 0. The van der Waals surface area contributed by atoms with Gasteiger partial charge >= 0.3 is 0 Å². The summed E-state index contributed by atoms with van der Waals surface area (Å²) in [4.78, 5) is 32.3. The predicted octanol–water partition coefficient (Wildman–Crippen LogP) is -0.0277. The van der Waals surface area contributed by atoms with E-state index in [2.05, 4.69) is 15.2 Å². The van der Waals surface area contributed by atoms with Gasteiger partial charge in [-0.1, -0.05) is 0 Å². The second-order valence-electron chi connectivity index (χ2n) is 5.80. The van der Waals surface area contributed by atoms with E-state index in [-0.39, 0.29) is 23.9 Å². The molecular weight excluding hydrogens is 268 g/mol. The maximum Gasteiger partial charge on any atom is 0.254 e. The van der Waals surface area contributed by atoms with E-state index in [4.69, 9.17) is 0 Å². The van der Waals surface area contributed by atoms with Crippen molar-refractivity contribution in [3.05, 3.63) is 30.1 Å². The average Bonchev–Trinajstić information content (AvgIpc) is 3.06. The average molecular weight is 288 g/mol. The van der Waals surface area contributed by atoms with E-state index in [1.807, 2.05) is 11.9 Å². The molecule has 3 atom stereocenters. The number of hydrogen-bond donors (Lipinski definition) is 1. The molecule has 21 heavy (non-hydrogen) atoms. The lowest BCUT2D eigenvalue weighted by Gasteiger charge is -2.25. The fourth-order valence-electron chi connectivity index (χ4n) is 3.53. The Bertz CT molecular complexity index is 548. The summed E-state index contributed by atoms with van der Waals surface area (Å²) in [5, 5.41) is 2.72. The van der Waals surface area contributed by atoms with Crippen molar-refractivity contribution in [3.63, 3.8) is 0 Å². The number of nitrogens with zero attached hydrogens (tertiary/aromatic N) is 3. The summed E-state index contributed by atoms with van der Waals surface area (Å²) in [6, 6.07) is 3.70. The lowest BCUT2D eigenvalue weighted by Crippen LogP contribution is -2.45. The Labute approximate surface area is 124 Å². The van der Waals surface area contributed by atoms with Gasteiger partial charge in [0.05, 0.1) is 6.04 Å². The molecule has 0 radical (unpaired) electrons. The summed E-state index contributed by atoms with van der Waals surface area (Å²) in [5.74, 6) is 0.499. The van der Waals surface area contributed by atoms with Gasteiger partial charge in [0, 0.05) is 44.1 Å². The smallest absolute Gasteiger partial charge is 0.254 e. The van der Waals surface area contributed by atoms with Crippen LogP contribution >= 0.6 is 0 Å². The van der Waals surface area contributed by atoms with Gasteiger partial charge in [0.1, 0.15) is 0 Å². The van der Waals surface area contributed by atoms with E-state index in [1.54, 1.807) is 31.6 Å². The highest BCUT2D eigenvalue weighted by atomic mass is 16.2. The third-order valence-electron chi connectivity index (χ3n) is 4.71. The first kappa shape index (κ1) is 14.0. The monoisotopic (exact) mass is 288 g/mol. The standard InChI is InChI=1S/C15H20N4O2/c1-16-14(20)12-7-11-8-19(9-13(11)18(12)2)15(21)10-3-5-17-6-4-10/h3-6,11-13H,7-9H2,1-2H3,(H,16,20)/t11-,12-,13+/m1/s1. The van der Waals surface area contributed by atoms with Gasteiger partial charge in [-0.05, 0) is 31.5 Å². The molecule has 0 aliphatic carbocycles. The Balaban J connectivity index is 1.69. The molecular formula is C15H20N4O2. The molecule has 2 fully saturated rings. The summed E-state index contributed by atoms with van der Waals surface area (Å²) in [5.41, 5.74) is 0.676. The number of likely N-dealkylation sites (tertiary alicyclic amines) is 2. The van der Waals surface area contributed by atoms with Gasteiger partial charge in [-0.3, -0.25) is 19.5 Å². The number of rotatable bonds is 2. The van der Waals surface area contributed by atoms with Gasteiger partial charge in [0.15, 0.2) is 0 Å². The third-order valence-corrected chi connectivity index (χ3v) is 4.71. The molecule has 0 unspecified atom stereocenters. The zero-order valence-corrected chi connectivity index (χ0v) is 12.3. The molecule has 0 aromatic carbocycles. The molecule has 0 saturated carbocycles. The number of carbonyl (C=O) groups is 2. The first-order chi connectivity index (χ1) is 10.1.